The SMILES string of the molecule is COc1cc(C=C(C#N)c2ccc(Cl)cc2)ccc1OCC(=O)Nc1ccccc1. The topological polar surface area (TPSA) is 71.3 Å². The molecule has 6 heteroatoms. The van der Waals surface area contributed by atoms with Crippen molar-refractivity contribution in [3.63, 3.8) is 0 Å². The van der Waals surface area contributed by atoms with Crippen LogP contribution in [0.25, 0.3) is 11.6 Å². The summed E-state index contributed by atoms with van der Waals surface area (Å²) in [6.45, 7) is -0.158. The first kappa shape index (κ1) is 21.0. The van der Waals surface area contributed by atoms with Crippen LogP contribution in [-0.4, -0.2) is 19.6 Å². The van der Waals surface area contributed by atoms with Crippen molar-refractivity contribution >= 4 is 34.8 Å². The lowest BCUT2D eigenvalue weighted by atomic mass is 10.0. The number of anilines is 1. The number of para-hydroxylation sites is 1. The molecule has 1 amide bonds. The maximum atomic E-state index is 12.1. The third-order valence-corrected chi connectivity index (χ3v) is 4.44. The molecule has 0 atom stereocenters. The second-order valence-electron chi connectivity index (χ2n) is 6.29. The summed E-state index contributed by atoms with van der Waals surface area (Å²) in [6, 6.07) is 23.6. The molecule has 0 saturated carbocycles. The number of allylic oxidation sites excluding steroid dienone is 1. The van der Waals surface area contributed by atoms with E-state index in [1.807, 2.05) is 18.2 Å². The number of ether oxygens (including phenoxy) is 2. The molecule has 0 aliphatic heterocycles. The highest BCUT2D eigenvalue weighted by molar-refractivity contribution is 6.30. The summed E-state index contributed by atoms with van der Waals surface area (Å²) in [5.41, 5.74) is 2.72. The Labute approximate surface area is 180 Å². The van der Waals surface area contributed by atoms with Gasteiger partial charge >= 0.3 is 0 Å². The molecule has 3 aromatic carbocycles. The van der Waals surface area contributed by atoms with Crippen molar-refractivity contribution in [2.24, 2.45) is 0 Å². The van der Waals surface area contributed by atoms with E-state index in [0.717, 1.165) is 11.1 Å². The molecule has 0 aromatic heterocycles. The van der Waals surface area contributed by atoms with Crippen LogP contribution in [0.5, 0.6) is 11.5 Å². The highest BCUT2D eigenvalue weighted by Gasteiger charge is 2.09. The summed E-state index contributed by atoms with van der Waals surface area (Å²) >= 11 is 5.91. The van der Waals surface area contributed by atoms with Gasteiger partial charge in [0.1, 0.15) is 0 Å². The molecular weight excluding hydrogens is 400 g/mol. The van der Waals surface area contributed by atoms with Crippen molar-refractivity contribution in [2.75, 3.05) is 19.0 Å². The van der Waals surface area contributed by atoms with Gasteiger partial charge in [0.25, 0.3) is 5.91 Å². The van der Waals surface area contributed by atoms with E-state index in [-0.39, 0.29) is 12.5 Å². The predicted molar refractivity (Wildman–Crippen MR) is 118 cm³/mol. The van der Waals surface area contributed by atoms with E-state index in [1.165, 1.54) is 7.11 Å². The standard InChI is InChI=1S/C24H19ClN2O3/c1-29-23-14-17(13-19(15-26)18-8-10-20(25)11-9-18)7-12-22(23)30-16-24(28)27-21-5-3-2-4-6-21/h2-14H,16H2,1H3,(H,27,28). The van der Waals surface area contributed by atoms with E-state index >= 15 is 0 Å². The number of amides is 1. The number of carbonyl (C=O) groups is 1. The molecule has 0 aliphatic carbocycles. The van der Waals surface area contributed by atoms with Crippen LogP contribution in [0.15, 0.2) is 72.8 Å². The Hall–Kier alpha value is -3.75. The fraction of sp³-hybridized carbons (Fsp3) is 0.0833. The number of nitriles is 1. The molecule has 30 heavy (non-hydrogen) atoms. The van der Waals surface area contributed by atoms with Gasteiger partial charge in [-0.05, 0) is 53.6 Å². The van der Waals surface area contributed by atoms with Gasteiger partial charge in [-0.25, -0.2) is 0 Å². The fourth-order valence-corrected chi connectivity index (χ4v) is 2.86. The number of hydrogen-bond acceptors (Lipinski definition) is 4. The van der Waals surface area contributed by atoms with Crippen molar-refractivity contribution in [3.05, 3.63) is 88.9 Å². The molecule has 0 aliphatic rings. The van der Waals surface area contributed by atoms with Crippen LogP contribution in [0.3, 0.4) is 0 Å². The number of nitrogens with one attached hydrogen (secondary N) is 1. The second-order valence-corrected chi connectivity index (χ2v) is 6.73. The van der Waals surface area contributed by atoms with E-state index < -0.39 is 0 Å². The number of rotatable bonds is 7. The van der Waals surface area contributed by atoms with E-state index in [0.29, 0.717) is 27.8 Å². The van der Waals surface area contributed by atoms with E-state index in [9.17, 15) is 10.1 Å². The molecule has 5 nitrogen and oxygen atoms in total. The number of carbonyl (C=O) groups excluding carboxylic acids is 1. The molecule has 1 N–H and O–H groups in total. The summed E-state index contributed by atoms with van der Waals surface area (Å²) in [7, 11) is 1.52. The Morgan fingerprint density at radius 2 is 1.80 bits per heavy atom. The molecule has 3 aromatic rings. The third kappa shape index (κ3) is 5.63. The second kappa shape index (κ2) is 10.1. The summed E-state index contributed by atoms with van der Waals surface area (Å²) in [5.74, 6) is 0.620. The number of benzene rings is 3. The zero-order chi connectivity index (χ0) is 21.3. The summed E-state index contributed by atoms with van der Waals surface area (Å²) < 4.78 is 11.0. The van der Waals surface area contributed by atoms with Crippen molar-refractivity contribution in [2.45, 2.75) is 0 Å². The number of nitrogens with zero attached hydrogens (tertiary/aromatic N) is 1. The predicted octanol–water partition coefficient (Wildman–Crippen LogP) is 5.43. The van der Waals surface area contributed by atoms with Gasteiger partial charge < -0.3 is 14.8 Å². The summed E-state index contributed by atoms with van der Waals surface area (Å²) in [4.78, 5) is 12.1. The Bertz CT molecular complexity index is 1090. The van der Waals surface area contributed by atoms with Crippen LogP contribution >= 0.6 is 11.6 Å². The Morgan fingerprint density at radius 3 is 2.47 bits per heavy atom. The van der Waals surface area contributed by atoms with E-state index in [2.05, 4.69) is 11.4 Å². The minimum Gasteiger partial charge on any atom is -0.493 e. The third-order valence-electron chi connectivity index (χ3n) is 4.19. The first-order chi connectivity index (χ1) is 14.6. The van der Waals surface area contributed by atoms with Gasteiger partial charge in [0.2, 0.25) is 0 Å². The average molecular weight is 419 g/mol. The van der Waals surface area contributed by atoms with Crippen LogP contribution in [-0.2, 0) is 4.79 Å². The lowest BCUT2D eigenvalue weighted by Crippen LogP contribution is -2.20. The largest absolute Gasteiger partial charge is 0.493 e. The lowest BCUT2D eigenvalue weighted by molar-refractivity contribution is -0.118. The number of halogens is 1. The molecule has 150 valence electrons. The van der Waals surface area contributed by atoms with Crippen LogP contribution in [0.4, 0.5) is 5.69 Å². The molecule has 0 bridgehead atoms. The van der Waals surface area contributed by atoms with Crippen LogP contribution in [0.2, 0.25) is 5.02 Å². The zero-order valence-corrected chi connectivity index (χ0v) is 17.0. The van der Waals surface area contributed by atoms with E-state index in [1.54, 1.807) is 60.7 Å². The van der Waals surface area contributed by atoms with Gasteiger partial charge in [-0.1, -0.05) is 48.0 Å². The molecule has 0 heterocycles. The fourth-order valence-electron chi connectivity index (χ4n) is 2.73. The lowest BCUT2D eigenvalue weighted by Gasteiger charge is -2.12. The molecular formula is C24H19ClN2O3. The first-order valence-corrected chi connectivity index (χ1v) is 9.50. The normalized spacial score (nSPS) is 10.8. The Morgan fingerprint density at radius 1 is 1.07 bits per heavy atom. The molecule has 0 fully saturated rings. The summed E-state index contributed by atoms with van der Waals surface area (Å²) in [5, 5.41) is 12.9. The van der Waals surface area contributed by atoms with Crippen molar-refractivity contribution in [1.82, 2.24) is 0 Å². The monoisotopic (exact) mass is 418 g/mol. The number of methoxy groups -OCH3 is 1. The Kier molecular flexibility index (Phi) is 7.09. The van der Waals surface area contributed by atoms with Crippen molar-refractivity contribution in [3.8, 4) is 17.6 Å². The van der Waals surface area contributed by atoms with Gasteiger partial charge in [-0.15, -0.1) is 0 Å². The van der Waals surface area contributed by atoms with Crippen LogP contribution in [0, 0.1) is 11.3 Å². The van der Waals surface area contributed by atoms with Crippen LogP contribution < -0.4 is 14.8 Å². The van der Waals surface area contributed by atoms with Gasteiger partial charge in [0.05, 0.1) is 18.8 Å². The molecule has 0 radical (unpaired) electrons. The minimum absolute atomic E-state index is 0.158. The zero-order valence-electron chi connectivity index (χ0n) is 16.3. The van der Waals surface area contributed by atoms with Crippen LogP contribution in [0.1, 0.15) is 11.1 Å². The number of hydrogen-bond donors (Lipinski definition) is 1. The van der Waals surface area contributed by atoms with Crippen molar-refractivity contribution in [1.29, 1.82) is 5.26 Å². The summed E-state index contributed by atoms with van der Waals surface area (Å²) in [6.07, 6.45) is 1.75. The molecule has 3 rings (SSSR count). The first-order valence-electron chi connectivity index (χ1n) is 9.12. The Balaban J connectivity index is 1.72. The molecule has 0 spiro atoms. The highest BCUT2D eigenvalue weighted by atomic mass is 35.5. The smallest absolute Gasteiger partial charge is 0.262 e. The maximum Gasteiger partial charge on any atom is 0.262 e. The van der Waals surface area contributed by atoms with Gasteiger partial charge in [0, 0.05) is 10.7 Å². The molecule has 0 unspecified atom stereocenters. The minimum atomic E-state index is -0.276. The van der Waals surface area contributed by atoms with Crippen molar-refractivity contribution < 1.29 is 14.3 Å². The quantitative estimate of drug-likeness (QED) is 0.410. The maximum absolute atomic E-state index is 12.1. The average Bonchev–Trinajstić information content (AvgIpc) is 2.77. The van der Waals surface area contributed by atoms with Gasteiger partial charge in [-0.2, -0.15) is 5.26 Å². The van der Waals surface area contributed by atoms with E-state index in [4.69, 9.17) is 21.1 Å². The van der Waals surface area contributed by atoms with Gasteiger partial charge in [0.15, 0.2) is 18.1 Å². The van der Waals surface area contributed by atoms with Gasteiger partial charge in [-0.3, -0.25) is 4.79 Å². The molecule has 0 saturated heterocycles. The highest BCUT2D eigenvalue weighted by Crippen LogP contribution is 2.30.